The average molecular weight is 217 g/mol. The zero-order valence-electron chi connectivity index (χ0n) is 8.73. The molecule has 0 spiro atoms. The maximum Gasteiger partial charge on any atom is 0.410 e. The van der Waals surface area contributed by atoms with Crippen molar-refractivity contribution in [3.8, 4) is 11.5 Å². The maximum atomic E-state index is 10.7. The topological polar surface area (TPSA) is 72.5 Å². The van der Waals surface area contributed by atoms with Crippen molar-refractivity contribution < 1.29 is 14.6 Å². The van der Waals surface area contributed by atoms with Gasteiger partial charge in [0.2, 0.25) is 0 Å². The van der Waals surface area contributed by atoms with Crippen LogP contribution in [0.15, 0.2) is 30.3 Å². The number of carbonyl (C=O) groups is 1. The first-order chi connectivity index (χ1) is 7.59. The first-order valence-corrected chi connectivity index (χ1v) is 4.78. The maximum absolute atomic E-state index is 10.7. The van der Waals surface area contributed by atoms with Gasteiger partial charge in [0.15, 0.2) is 11.5 Å². The number of carbonyl (C=O) groups excluding carboxylic acids is 1. The Kier molecular flexibility index (Phi) is 2.40. The highest BCUT2D eigenvalue weighted by molar-refractivity contribution is 5.93. The summed E-state index contributed by atoms with van der Waals surface area (Å²) in [5, 5.41) is 11.4. The molecule has 2 aromatic carbocycles. The number of benzene rings is 2. The highest BCUT2D eigenvalue weighted by Crippen LogP contribution is 2.36. The summed E-state index contributed by atoms with van der Waals surface area (Å²) in [5.74, 6) is 0.0173. The van der Waals surface area contributed by atoms with E-state index in [1.54, 1.807) is 18.2 Å². The van der Waals surface area contributed by atoms with E-state index in [-0.39, 0.29) is 11.5 Å². The molecule has 0 saturated heterocycles. The SMILES string of the molecule is Cc1cc(OC(N)=O)c(O)c2ccccc12. The molecular formula is C12H11NO3. The molecular weight excluding hydrogens is 206 g/mol. The third-order valence-corrected chi connectivity index (χ3v) is 2.40. The molecule has 0 saturated carbocycles. The van der Waals surface area contributed by atoms with Gasteiger partial charge in [0, 0.05) is 5.39 Å². The van der Waals surface area contributed by atoms with E-state index in [2.05, 4.69) is 0 Å². The monoisotopic (exact) mass is 217 g/mol. The van der Waals surface area contributed by atoms with Crippen molar-refractivity contribution in [3.63, 3.8) is 0 Å². The number of amides is 1. The molecule has 0 fully saturated rings. The Labute approximate surface area is 92.3 Å². The Bertz CT molecular complexity index is 563. The first-order valence-electron chi connectivity index (χ1n) is 4.78. The number of primary amides is 1. The number of phenols is 1. The lowest BCUT2D eigenvalue weighted by Gasteiger charge is -2.09. The molecule has 0 bridgehead atoms. The molecule has 0 unspecified atom stereocenters. The molecule has 16 heavy (non-hydrogen) atoms. The highest BCUT2D eigenvalue weighted by atomic mass is 16.6. The number of ether oxygens (including phenoxy) is 1. The summed E-state index contributed by atoms with van der Waals surface area (Å²) in [7, 11) is 0. The minimum absolute atomic E-state index is 0.0694. The Morgan fingerprint density at radius 2 is 1.94 bits per heavy atom. The van der Waals surface area contributed by atoms with Crippen molar-refractivity contribution in [1.82, 2.24) is 0 Å². The van der Waals surface area contributed by atoms with Crippen LogP contribution < -0.4 is 10.5 Å². The van der Waals surface area contributed by atoms with E-state index in [0.29, 0.717) is 5.39 Å². The second kappa shape index (κ2) is 3.73. The molecule has 0 aromatic heterocycles. The molecule has 4 nitrogen and oxygen atoms in total. The standard InChI is InChI=1S/C12H11NO3/c1-7-6-10(16-12(13)15)11(14)9-5-3-2-4-8(7)9/h2-6,14H,1H3,(H2,13,15). The summed E-state index contributed by atoms with van der Waals surface area (Å²) < 4.78 is 4.72. The summed E-state index contributed by atoms with van der Waals surface area (Å²) >= 11 is 0. The van der Waals surface area contributed by atoms with E-state index < -0.39 is 6.09 Å². The van der Waals surface area contributed by atoms with Crippen LogP contribution in [-0.4, -0.2) is 11.2 Å². The van der Waals surface area contributed by atoms with E-state index in [1.807, 2.05) is 19.1 Å². The fourth-order valence-electron chi connectivity index (χ4n) is 1.70. The molecule has 0 aliphatic heterocycles. The molecule has 0 aliphatic rings. The van der Waals surface area contributed by atoms with Crippen LogP contribution in [0.25, 0.3) is 10.8 Å². The predicted octanol–water partition coefficient (Wildman–Crippen LogP) is 2.31. The van der Waals surface area contributed by atoms with Crippen molar-refractivity contribution in [2.75, 3.05) is 0 Å². The molecule has 4 heteroatoms. The van der Waals surface area contributed by atoms with Crippen LogP contribution in [-0.2, 0) is 0 Å². The Hall–Kier alpha value is -2.23. The summed E-state index contributed by atoms with van der Waals surface area (Å²) in [6, 6.07) is 8.91. The Morgan fingerprint density at radius 1 is 1.31 bits per heavy atom. The minimum atomic E-state index is -0.940. The van der Waals surface area contributed by atoms with Crippen LogP contribution in [0.1, 0.15) is 5.56 Å². The van der Waals surface area contributed by atoms with Gasteiger partial charge in [-0.25, -0.2) is 4.79 Å². The number of nitrogens with two attached hydrogens (primary N) is 1. The van der Waals surface area contributed by atoms with Crippen molar-refractivity contribution in [1.29, 1.82) is 0 Å². The zero-order valence-corrected chi connectivity index (χ0v) is 8.73. The van der Waals surface area contributed by atoms with Crippen LogP contribution in [0.5, 0.6) is 11.5 Å². The molecule has 0 heterocycles. The van der Waals surface area contributed by atoms with E-state index in [1.165, 1.54) is 0 Å². The third kappa shape index (κ3) is 1.65. The van der Waals surface area contributed by atoms with Crippen LogP contribution in [0, 0.1) is 6.92 Å². The van der Waals surface area contributed by atoms with Gasteiger partial charge in [-0.2, -0.15) is 0 Å². The van der Waals surface area contributed by atoms with Crippen molar-refractivity contribution in [3.05, 3.63) is 35.9 Å². The molecule has 2 aromatic rings. The van der Waals surface area contributed by atoms with E-state index in [9.17, 15) is 9.90 Å². The van der Waals surface area contributed by atoms with Gasteiger partial charge >= 0.3 is 6.09 Å². The first kappa shape index (κ1) is 10.3. The average Bonchev–Trinajstić information content (AvgIpc) is 2.25. The number of hydrogen-bond acceptors (Lipinski definition) is 3. The third-order valence-electron chi connectivity index (χ3n) is 2.40. The molecule has 0 atom stereocenters. The van der Waals surface area contributed by atoms with Crippen molar-refractivity contribution in [2.45, 2.75) is 6.92 Å². The summed E-state index contributed by atoms with van der Waals surface area (Å²) in [6.07, 6.45) is -0.940. The van der Waals surface area contributed by atoms with Crippen LogP contribution in [0.3, 0.4) is 0 Å². The second-order valence-electron chi connectivity index (χ2n) is 3.51. The molecule has 3 N–H and O–H groups in total. The summed E-state index contributed by atoms with van der Waals surface area (Å²) in [5.41, 5.74) is 5.82. The number of fused-ring (bicyclic) bond motifs is 1. The number of aromatic hydroxyl groups is 1. The molecule has 0 aliphatic carbocycles. The lowest BCUT2D eigenvalue weighted by atomic mass is 10.0. The number of phenolic OH excluding ortho intramolecular Hbond substituents is 1. The molecule has 1 amide bonds. The van der Waals surface area contributed by atoms with Crippen molar-refractivity contribution in [2.24, 2.45) is 5.73 Å². The quantitative estimate of drug-likeness (QED) is 0.769. The fourth-order valence-corrected chi connectivity index (χ4v) is 1.70. The van der Waals surface area contributed by atoms with Gasteiger partial charge in [0.05, 0.1) is 0 Å². The van der Waals surface area contributed by atoms with E-state index in [0.717, 1.165) is 10.9 Å². The van der Waals surface area contributed by atoms with Crippen molar-refractivity contribution >= 4 is 16.9 Å². The van der Waals surface area contributed by atoms with Gasteiger partial charge in [0.25, 0.3) is 0 Å². The predicted molar refractivity (Wildman–Crippen MR) is 60.6 cm³/mol. The lowest BCUT2D eigenvalue weighted by Crippen LogP contribution is -2.16. The number of hydrogen-bond donors (Lipinski definition) is 2. The molecule has 2 rings (SSSR count). The second-order valence-corrected chi connectivity index (χ2v) is 3.51. The highest BCUT2D eigenvalue weighted by Gasteiger charge is 2.11. The lowest BCUT2D eigenvalue weighted by molar-refractivity contribution is 0.209. The van der Waals surface area contributed by atoms with Gasteiger partial charge in [-0.15, -0.1) is 0 Å². The minimum Gasteiger partial charge on any atom is -0.504 e. The van der Waals surface area contributed by atoms with Crippen LogP contribution in [0.2, 0.25) is 0 Å². The normalized spacial score (nSPS) is 10.3. The summed E-state index contributed by atoms with van der Waals surface area (Å²) in [6.45, 7) is 1.87. The number of rotatable bonds is 1. The Morgan fingerprint density at radius 3 is 2.56 bits per heavy atom. The van der Waals surface area contributed by atoms with E-state index >= 15 is 0 Å². The Balaban J connectivity index is 2.70. The summed E-state index contributed by atoms with van der Waals surface area (Å²) in [4.78, 5) is 10.7. The van der Waals surface area contributed by atoms with Gasteiger partial charge in [-0.05, 0) is 23.9 Å². The van der Waals surface area contributed by atoms with Gasteiger partial charge in [-0.3, -0.25) is 0 Å². The van der Waals surface area contributed by atoms with Gasteiger partial charge in [0.1, 0.15) is 0 Å². The van der Waals surface area contributed by atoms with Gasteiger partial charge < -0.3 is 15.6 Å². The van der Waals surface area contributed by atoms with Crippen LogP contribution >= 0.6 is 0 Å². The van der Waals surface area contributed by atoms with Gasteiger partial charge in [-0.1, -0.05) is 24.3 Å². The molecule has 82 valence electrons. The van der Waals surface area contributed by atoms with Crippen LogP contribution in [0.4, 0.5) is 4.79 Å². The number of aryl methyl sites for hydroxylation is 1. The molecule has 0 radical (unpaired) electrons. The fraction of sp³-hybridized carbons (Fsp3) is 0.0833. The largest absolute Gasteiger partial charge is 0.504 e. The van der Waals surface area contributed by atoms with E-state index in [4.69, 9.17) is 10.5 Å². The smallest absolute Gasteiger partial charge is 0.410 e. The zero-order chi connectivity index (χ0) is 11.7.